The quantitative estimate of drug-likeness (QED) is 0.725. The minimum absolute atomic E-state index is 0.109. The van der Waals surface area contributed by atoms with Crippen LogP contribution in [0.2, 0.25) is 0 Å². The smallest absolute Gasteiger partial charge is 0.306 e. The first-order valence-corrected chi connectivity index (χ1v) is 5.54. The molecular formula is C11H16O4. The first-order chi connectivity index (χ1) is 7.09. The lowest BCUT2D eigenvalue weighted by Crippen LogP contribution is -2.27. The zero-order valence-electron chi connectivity index (χ0n) is 8.56. The molecule has 0 amide bonds. The Morgan fingerprint density at radius 1 is 1.27 bits per heavy atom. The summed E-state index contributed by atoms with van der Waals surface area (Å²) in [7, 11) is 0. The molecule has 2 saturated carbocycles. The van der Waals surface area contributed by atoms with Gasteiger partial charge in [0, 0.05) is 6.42 Å². The number of carboxylic acids is 2. The fourth-order valence-corrected chi connectivity index (χ4v) is 2.71. The van der Waals surface area contributed by atoms with Crippen molar-refractivity contribution in [2.45, 2.75) is 32.1 Å². The van der Waals surface area contributed by atoms with Crippen LogP contribution < -0.4 is 0 Å². The first kappa shape index (κ1) is 10.5. The van der Waals surface area contributed by atoms with Gasteiger partial charge in [0.05, 0.1) is 5.92 Å². The molecule has 0 bridgehead atoms. The summed E-state index contributed by atoms with van der Waals surface area (Å²) in [5.41, 5.74) is 0. The molecule has 4 heteroatoms. The lowest BCUT2D eigenvalue weighted by atomic mass is 9.72. The molecule has 0 aliphatic heterocycles. The highest BCUT2D eigenvalue weighted by Crippen LogP contribution is 2.52. The summed E-state index contributed by atoms with van der Waals surface area (Å²) in [6.45, 7) is 0. The Balaban J connectivity index is 1.94. The topological polar surface area (TPSA) is 74.6 Å². The second kappa shape index (κ2) is 3.83. The third kappa shape index (κ3) is 2.13. The number of carbonyl (C=O) groups is 2. The van der Waals surface area contributed by atoms with Crippen LogP contribution >= 0.6 is 0 Å². The molecule has 2 N–H and O–H groups in total. The molecule has 0 aromatic carbocycles. The summed E-state index contributed by atoms with van der Waals surface area (Å²) in [5.74, 6) is -1.11. The van der Waals surface area contributed by atoms with Gasteiger partial charge in [0.25, 0.3) is 0 Å². The van der Waals surface area contributed by atoms with Crippen molar-refractivity contribution >= 4 is 11.9 Å². The molecule has 3 atom stereocenters. The van der Waals surface area contributed by atoms with Crippen LogP contribution in [0.1, 0.15) is 32.1 Å². The first-order valence-electron chi connectivity index (χ1n) is 5.54. The summed E-state index contributed by atoms with van der Waals surface area (Å²) in [4.78, 5) is 21.5. The van der Waals surface area contributed by atoms with Gasteiger partial charge in [0.15, 0.2) is 0 Å². The van der Waals surface area contributed by atoms with Crippen molar-refractivity contribution in [2.75, 3.05) is 0 Å². The van der Waals surface area contributed by atoms with Crippen molar-refractivity contribution in [1.82, 2.24) is 0 Å². The van der Waals surface area contributed by atoms with Crippen LogP contribution in [0.25, 0.3) is 0 Å². The lowest BCUT2D eigenvalue weighted by Gasteiger charge is -2.33. The molecule has 84 valence electrons. The zero-order chi connectivity index (χ0) is 11.0. The third-order valence-corrected chi connectivity index (χ3v) is 3.87. The highest BCUT2D eigenvalue weighted by atomic mass is 16.4. The van der Waals surface area contributed by atoms with E-state index in [9.17, 15) is 9.59 Å². The maximum absolute atomic E-state index is 10.7. The van der Waals surface area contributed by atoms with Crippen LogP contribution in [0.5, 0.6) is 0 Å². The molecule has 4 nitrogen and oxygen atoms in total. The summed E-state index contributed by atoms with van der Waals surface area (Å²) in [6, 6.07) is 0. The van der Waals surface area contributed by atoms with Gasteiger partial charge in [0.1, 0.15) is 0 Å². The molecule has 15 heavy (non-hydrogen) atoms. The molecule has 0 aromatic heterocycles. The molecule has 0 spiro atoms. The predicted octanol–water partition coefficient (Wildman–Crippen LogP) is 1.60. The van der Waals surface area contributed by atoms with Crippen LogP contribution in [0.4, 0.5) is 0 Å². The Hall–Kier alpha value is -1.06. The van der Waals surface area contributed by atoms with E-state index in [1.165, 1.54) is 6.42 Å². The van der Waals surface area contributed by atoms with Gasteiger partial charge >= 0.3 is 11.9 Å². The summed E-state index contributed by atoms with van der Waals surface area (Å²) >= 11 is 0. The lowest BCUT2D eigenvalue weighted by molar-refractivity contribution is -0.142. The van der Waals surface area contributed by atoms with Crippen molar-refractivity contribution in [3.05, 3.63) is 0 Å². The second-order valence-corrected chi connectivity index (χ2v) is 4.80. The molecule has 3 unspecified atom stereocenters. The Morgan fingerprint density at radius 2 is 1.93 bits per heavy atom. The van der Waals surface area contributed by atoms with Crippen molar-refractivity contribution in [3.8, 4) is 0 Å². The van der Waals surface area contributed by atoms with Crippen LogP contribution in [0, 0.1) is 23.7 Å². The van der Waals surface area contributed by atoms with Gasteiger partial charge in [-0.25, -0.2) is 0 Å². The molecule has 0 radical (unpaired) electrons. The van der Waals surface area contributed by atoms with Crippen LogP contribution in [0.15, 0.2) is 0 Å². The number of aliphatic carboxylic acids is 2. The van der Waals surface area contributed by atoms with E-state index in [2.05, 4.69) is 0 Å². The van der Waals surface area contributed by atoms with Crippen LogP contribution in [-0.4, -0.2) is 22.2 Å². The SMILES string of the molecule is O=C(O)CC(C1CCC1)C1CC1C(=O)O. The van der Waals surface area contributed by atoms with Crippen LogP contribution in [0.3, 0.4) is 0 Å². The Labute approximate surface area is 88.3 Å². The van der Waals surface area contributed by atoms with Gasteiger partial charge in [-0.3, -0.25) is 9.59 Å². The fraction of sp³-hybridized carbons (Fsp3) is 0.818. The van der Waals surface area contributed by atoms with E-state index < -0.39 is 11.9 Å². The van der Waals surface area contributed by atoms with Gasteiger partial charge < -0.3 is 10.2 Å². The standard InChI is InChI=1S/C11H16O4/c12-10(13)5-7(6-2-1-3-6)8-4-9(8)11(14)15/h6-9H,1-5H2,(H,12,13)(H,14,15). The third-order valence-electron chi connectivity index (χ3n) is 3.87. The van der Waals surface area contributed by atoms with E-state index in [-0.39, 0.29) is 24.2 Å². The van der Waals surface area contributed by atoms with E-state index >= 15 is 0 Å². The number of carboxylic acid groups (broad SMARTS) is 2. The van der Waals surface area contributed by atoms with Gasteiger partial charge in [-0.05, 0) is 24.2 Å². The molecule has 2 aliphatic carbocycles. The highest BCUT2D eigenvalue weighted by Gasteiger charge is 2.51. The van der Waals surface area contributed by atoms with Crippen molar-refractivity contribution < 1.29 is 19.8 Å². The van der Waals surface area contributed by atoms with Gasteiger partial charge in [0.2, 0.25) is 0 Å². The van der Waals surface area contributed by atoms with E-state index in [0.717, 1.165) is 12.8 Å². The maximum atomic E-state index is 10.7. The summed E-state index contributed by atoms with van der Waals surface area (Å²) < 4.78 is 0. The maximum Gasteiger partial charge on any atom is 0.306 e. The van der Waals surface area contributed by atoms with Gasteiger partial charge in [-0.15, -0.1) is 0 Å². The molecule has 2 aliphatic rings. The molecular weight excluding hydrogens is 196 g/mol. The number of hydrogen-bond acceptors (Lipinski definition) is 2. The van der Waals surface area contributed by atoms with Gasteiger partial charge in [-0.1, -0.05) is 19.3 Å². The largest absolute Gasteiger partial charge is 0.481 e. The van der Waals surface area contributed by atoms with E-state index in [1.54, 1.807) is 0 Å². The Bertz CT molecular complexity index is 282. The summed E-state index contributed by atoms with van der Waals surface area (Å²) in [5, 5.41) is 17.6. The minimum Gasteiger partial charge on any atom is -0.481 e. The van der Waals surface area contributed by atoms with Crippen molar-refractivity contribution in [2.24, 2.45) is 23.7 Å². The molecule has 2 rings (SSSR count). The summed E-state index contributed by atoms with van der Waals surface area (Å²) in [6.07, 6.45) is 4.18. The Morgan fingerprint density at radius 3 is 2.27 bits per heavy atom. The van der Waals surface area contributed by atoms with Gasteiger partial charge in [-0.2, -0.15) is 0 Å². The minimum atomic E-state index is -0.789. The van der Waals surface area contributed by atoms with Crippen molar-refractivity contribution in [1.29, 1.82) is 0 Å². The highest BCUT2D eigenvalue weighted by molar-refractivity contribution is 5.74. The molecule has 0 saturated heterocycles. The Kier molecular flexibility index (Phi) is 2.67. The monoisotopic (exact) mass is 212 g/mol. The normalized spacial score (nSPS) is 31.7. The van der Waals surface area contributed by atoms with E-state index in [0.29, 0.717) is 12.3 Å². The molecule has 0 heterocycles. The van der Waals surface area contributed by atoms with Crippen molar-refractivity contribution in [3.63, 3.8) is 0 Å². The number of rotatable bonds is 5. The van der Waals surface area contributed by atoms with Crippen LogP contribution in [-0.2, 0) is 9.59 Å². The average molecular weight is 212 g/mol. The molecule has 2 fully saturated rings. The van der Waals surface area contributed by atoms with E-state index in [1.807, 2.05) is 0 Å². The average Bonchev–Trinajstić information content (AvgIpc) is 2.76. The second-order valence-electron chi connectivity index (χ2n) is 4.80. The fourth-order valence-electron chi connectivity index (χ4n) is 2.71. The predicted molar refractivity (Wildman–Crippen MR) is 52.3 cm³/mol. The van der Waals surface area contributed by atoms with E-state index in [4.69, 9.17) is 10.2 Å². The molecule has 0 aromatic rings. The number of hydrogen-bond donors (Lipinski definition) is 2. The zero-order valence-corrected chi connectivity index (χ0v) is 8.56.